The molecule has 4 rings (SSSR count). The number of pyridine rings is 1. The first-order valence-corrected chi connectivity index (χ1v) is 7.93. The lowest BCUT2D eigenvalue weighted by Crippen LogP contribution is -2.03. The Morgan fingerprint density at radius 2 is 2.04 bits per heavy atom. The molecule has 0 aliphatic heterocycles. The van der Waals surface area contributed by atoms with E-state index in [0.717, 1.165) is 26.4 Å². The van der Waals surface area contributed by atoms with E-state index in [4.69, 9.17) is 0 Å². The normalized spacial score (nSPS) is 10.8. The molecule has 3 aromatic heterocycles. The second kappa shape index (κ2) is 6.10. The summed E-state index contributed by atoms with van der Waals surface area (Å²) in [5, 5.41) is 4.04. The largest absolute Gasteiger partial charge is 0.350 e. The van der Waals surface area contributed by atoms with Crippen molar-refractivity contribution in [3.63, 3.8) is 0 Å². The molecule has 0 unspecified atom stereocenters. The second-order valence-corrected chi connectivity index (χ2v) is 5.95. The Morgan fingerprint density at radius 1 is 1.09 bits per heavy atom. The van der Waals surface area contributed by atoms with E-state index in [1.807, 2.05) is 36.5 Å². The number of para-hydroxylation sites is 1. The quantitative estimate of drug-likeness (QED) is 0.623. The highest BCUT2D eigenvalue weighted by atomic mass is 32.1. The van der Waals surface area contributed by atoms with E-state index in [-0.39, 0.29) is 0 Å². The first-order valence-electron chi connectivity index (χ1n) is 7.12. The van der Waals surface area contributed by atoms with Crippen molar-refractivity contribution in [2.75, 3.05) is 5.32 Å². The van der Waals surface area contributed by atoms with Gasteiger partial charge in [0.15, 0.2) is 0 Å². The van der Waals surface area contributed by atoms with Crippen molar-refractivity contribution < 1.29 is 0 Å². The second-order valence-electron chi connectivity index (χ2n) is 4.92. The predicted molar refractivity (Wildman–Crippen MR) is 91.0 cm³/mol. The molecule has 0 aliphatic carbocycles. The van der Waals surface area contributed by atoms with Gasteiger partial charge < -0.3 is 5.32 Å². The SMILES string of the molecule is [c]1nc(NCc2cccnc2)ncc1-c1nc2ccccc2s1. The Balaban J connectivity index is 1.51. The molecule has 0 atom stereocenters. The van der Waals surface area contributed by atoms with Crippen molar-refractivity contribution in [2.45, 2.75) is 6.54 Å². The summed E-state index contributed by atoms with van der Waals surface area (Å²) in [6.45, 7) is 0.627. The molecule has 6 heteroatoms. The molecule has 1 radical (unpaired) electrons. The Labute approximate surface area is 137 Å². The number of hydrogen-bond acceptors (Lipinski definition) is 6. The summed E-state index contributed by atoms with van der Waals surface area (Å²) in [4.78, 5) is 17.2. The topological polar surface area (TPSA) is 63.6 Å². The highest BCUT2D eigenvalue weighted by Gasteiger charge is 2.07. The van der Waals surface area contributed by atoms with Crippen LogP contribution in [0, 0.1) is 6.20 Å². The average molecular weight is 318 g/mol. The van der Waals surface area contributed by atoms with Gasteiger partial charge in [-0.25, -0.2) is 15.0 Å². The molecule has 0 bridgehead atoms. The van der Waals surface area contributed by atoms with Crippen LogP contribution in [0.25, 0.3) is 20.8 Å². The van der Waals surface area contributed by atoms with Gasteiger partial charge in [-0.3, -0.25) is 4.98 Å². The monoisotopic (exact) mass is 318 g/mol. The molecule has 0 saturated heterocycles. The van der Waals surface area contributed by atoms with Crippen LogP contribution in [0.3, 0.4) is 0 Å². The molecule has 5 nitrogen and oxygen atoms in total. The molecule has 23 heavy (non-hydrogen) atoms. The van der Waals surface area contributed by atoms with Gasteiger partial charge in [0.2, 0.25) is 5.95 Å². The third-order valence-corrected chi connectivity index (χ3v) is 4.37. The summed E-state index contributed by atoms with van der Waals surface area (Å²) in [6, 6.07) is 12.0. The Morgan fingerprint density at radius 3 is 2.83 bits per heavy atom. The van der Waals surface area contributed by atoms with Crippen molar-refractivity contribution in [3.05, 3.63) is 66.7 Å². The van der Waals surface area contributed by atoms with Gasteiger partial charge in [0, 0.05) is 25.1 Å². The lowest BCUT2D eigenvalue weighted by Gasteiger charge is -2.04. The van der Waals surface area contributed by atoms with Crippen LogP contribution < -0.4 is 5.32 Å². The maximum atomic E-state index is 4.58. The van der Waals surface area contributed by atoms with Gasteiger partial charge in [-0.15, -0.1) is 11.3 Å². The number of fused-ring (bicyclic) bond motifs is 1. The zero-order valence-corrected chi connectivity index (χ0v) is 12.9. The molecular formula is C17H12N5S. The lowest BCUT2D eigenvalue weighted by molar-refractivity contribution is 1.04. The Kier molecular flexibility index (Phi) is 3.65. The third-order valence-electron chi connectivity index (χ3n) is 3.30. The van der Waals surface area contributed by atoms with Gasteiger partial charge >= 0.3 is 0 Å². The fraction of sp³-hybridized carbons (Fsp3) is 0.0588. The van der Waals surface area contributed by atoms with Gasteiger partial charge in [-0.1, -0.05) is 18.2 Å². The smallest absolute Gasteiger partial charge is 0.223 e. The third kappa shape index (κ3) is 3.02. The Hall–Kier alpha value is -2.86. The van der Waals surface area contributed by atoms with E-state index in [9.17, 15) is 0 Å². The fourth-order valence-electron chi connectivity index (χ4n) is 2.16. The zero-order valence-electron chi connectivity index (χ0n) is 12.1. The minimum absolute atomic E-state index is 0.540. The van der Waals surface area contributed by atoms with Crippen LogP contribution in [0.2, 0.25) is 0 Å². The maximum Gasteiger partial charge on any atom is 0.223 e. The lowest BCUT2D eigenvalue weighted by atomic mass is 10.3. The Bertz CT molecular complexity index is 886. The van der Waals surface area contributed by atoms with Crippen molar-refractivity contribution in [1.29, 1.82) is 0 Å². The van der Waals surface area contributed by atoms with Crippen LogP contribution in [0.4, 0.5) is 5.95 Å². The van der Waals surface area contributed by atoms with Crippen LogP contribution in [-0.2, 0) is 6.54 Å². The molecular weight excluding hydrogens is 306 g/mol. The number of benzene rings is 1. The van der Waals surface area contributed by atoms with Gasteiger partial charge in [0.05, 0.1) is 15.8 Å². The number of aromatic nitrogens is 4. The van der Waals surface area contributed by atoms with E-state index >= 15 is 0 Å². The number of thiazole rings is 1. The molecule has 4 aromatic rings. The van der Waals surface area contributed by atoms with Crippen LogP contribution in [0.5, 0.6) is 0 Å². The van der Waals surface area contributed by atoms with Crippen LogP contribution in [0.15, 0.2) is 55.0 Å². The molecule has 0 fully saturated rings. The minimum atomic E-state index is 0.540. The van der Waals surface area contributed by atoms with E-state index < -0.39 is 0 Å². The molecule has 3 heterocycles. The number of hydrogen-bond donors (Lipinski definition) is 1. The van der Waals surface area contributed by atoms with Gasteiger partial charge in [-0.05, 0) is 23.8 Å². The van der Waals surface area contributed by atoms with E-state index in [1.165, 1.54) is 0 Å². The number of rotatable bonds is 4. The fourth-order valence-corrected chi connectivity index (χ4v) is 3.08. The molecule has 0 aliphatic rings. The van der Waals surface area contributed by atoms with E-state index in [0.29, 0.717) is 12.5 Å². The summed E-state index contributed by atoms with van der Waals surface area (Å²) < 4.78 is 1.15. The van der Waals surface area contributed by atoms with Crippen LogP contribution in [-0.4, -0.2) is 19.9 Å². The molecule has 1 aromatic carbocycles. The maximum absolute atomic E-state index is 4.58. The van der Waals surface area contributed by atoms with Crippen molar-refractivity contribution in [2.24, 2.45) is 0 Å². The highest BCUT2D eigenvalue weighted by molar-refractivity contribution is 7.21. The molecule has 0 amide bonds. The number of nitrogens with zero attached hydrogens (tertiary/aromatic N) is 4. The summed E-state index contributed by atoms with van der Waals surface area (Å²) >= 11 is 1.62. The average Bonchev–Trinajstić information content (AvgIpc) is 3.05. The molecule has 0 spiro atoms. The summed E-state index contributed by atoms with van der Waals surface area (Å²) in [5.41, 5.74) is 2.86. The van der Waals surface area contributed by atoms with Gasteiger partial charge in [0.25, 0.3) is 0 Å². The van der Waals surface area contributed by atoms with Crippen LogP contribution >= 0.6 is 11.3 Å². The first kappa shape index (κ1) is 13.8. The molecule has 1 N–H and O–H groups in total. The van der Waals surface area contributed by atoms with E-state index in [1.54, 1.807) is 23.7 Å². The van der Waals surface area contributed by atoms with Gasteiger partial charge in [0.1, 0.15) is 11.2 Å². The summed E-state index contributed by atoms with van der Waals surface area (Å²) in [7, 11) is 0. The van der Waals surface area contributed by atoms with Gasteiger partial charge in [-0.2, -0.15) is 0 Å². The summed E-state index contributed by atoms with van der Waals surface area (Å²) in [6.07, 6.45) is 8.32. The molecule has 111 valence electrons. The number of nitrogens with one attached hydrogen (secondary N) is 1. The minimum Gasteiger partial charge on any atom is -0.350 e. The standard InChI is InChI=1S/C17H12N5S/c1-2-6-15-14(5-1)22-16(23-15)13-10-20-17(21-11-13)19-9-12-4-3-7-18-8-12/h1-8,10H,9H2,(H,19,20,21). The highest BCUT2D eigenvalue weighted by Crippen LogP contribution is 2.29. The first-order chi connectivity index (χ1) is 11.4. The van der Waals surface area contributed by atoms with Crippen molar-refractivity contribution in [3.8, 4) is 10.6 Å². The van der Waals surface area contributed by atoms with Crippen LogP contribution in [0.1, 0.15) is 5.56 Å². The van der Waals surface area contributed by atoms with Crippen molar-refractivity contribution >= 4 is 27.5 Å². The van der Waals surface area contributed by atoms with E-state index in [2.05, 4.69) is 37.5 Å². The molecule has 0 saturated carbocycles. The zero-order chi connectivity index (χ0) is 15.5. The summed E-state index contributed by atoms with van der Waals surface area (Å²) in [5.74, 6) is 0.540. The van der Waals surface area contributed by atoms with Crippen molar-refractivity contribution in [1.82, 2.24) is 19.9 Å². The predicted octanol–water partition coefficient (Wildman–Crippen LogP) is 3.56. The number of anilines is 1.